The molecule has 1 aromatic heterocycles. The number of aromatic amines is 1. The number of carbonyl (C=O) groups is 2. The van der Waals surface area contributed by atoms with E-state index in [-0.39, 0.29) is 18.3 Å². The van der Waals surface area contributed by atoms with Crippen LogP contribution in [0.15, 0.2) is 0 Å². The van der Waals surface area contributed by atoms with E-state index in [1.165, 1.54) is 6.92 Å². The molecule has 118 valence electrons. The van der Waals surface area contributed by atoms with E-state index in [1.807, 2.05) is 6.92 Å². The van der Waals surface area contributed by atoms with E-state index in [1.54, 1.807) is 0 Å². The second-order valence-corrected chi connectivity index (χ2v) is 4.36. The minimum atomic E-state index is -4.64. The quantitative estimate of drug-likeness (QED) is 0.722. The molecule has 0 saturated heterocycles. The van der Waals surface area contributed by atoms with Gasteiger partial charge in [-0.15, -0.1) is 5.10 Å². The maximum absolute atomic E-state index is 12.3. The van der Waals surface area contributed by atoms with Gasteiger partial charge in [-0.05, 0) is 6.42 Å². The molecule has 0 aliphatic heterocycles. The van der Waals surface area contributed by atoms with Crippen molar-refractivity contribution in [3.8, 4) is 0 Å². The maximum atomic E-state index is 12.3. The third-order valence-electron chi connectivity index (χ3n) is 2.49. The van der Waals surface area contributed by atoms with Crippen molar-refractivity contribution in [3.05, 3.63) is 11.6 Å². The van der Waals surface area contributed by atoms with E-state index < -0.39 is 23.9 Å². The van der Waals surface area contributed by atoms with Crippen LogP contribution in [0.4, 0.5) is 13.2 Å². The molecule has 1 rings (SSSR count). The van der Waals surface area contributed by atoms with Crippen molar-refractivity contribution in [2.75, 3.05) is 0 Å². The monoisotopic (exact) mass is 307 g/mol. The zero-order chi connectivity index (χ0) is 16.0. The van der Waals surface area contributed by atoms with Crippen LogP contribution in [0.25, 0.3) is 0 Å². The third kappa shape index (κ3) is 5.40. The number of alkyl halides is 3. The van der Waals surface area contributed by atoms with E-state index in [0.717, 1.165) is 0 Å². The van der Waals surface area contributed by atoms with Crippen molar-refractivity contribution < 1.29 is 22.8 Å². The Labute approximate surface area is 118 Å². The minimum Gasteiger partial charge on any atom is -0.347 e. The van der Waals surface area contributed by atoms with Gasteiger partial charge in [0, 0.05) is 6.92 Å². The van der Waals surface area contributed by atoms with Crippen LogP contribution in [0, 0.1) is 0 Å². The van der Waals surface area contributed by atoms with Gasteiger partial charge < -0.3 is 10.6 Å². The summed E-state index contributed by atoms with van der Waals surface area (Å²) in [5, 5.41) is 9.98. The van der Waals surface area contributed by atoms with Gasteiger partial charge in [0.15, 0.2) is 0 Å². The van der Waals surface area contributed by atoms with Crippen molar-refractivity contribution in [1.29, 1.82) is 0 Å². The first kappa shape index (κ1) is 16.9. The fourth-order valence-electron chi connectivity index (χ4n) is 1.60. The van der Waals surface area contributed by atoms with Crippen molar-refractivity contribution in [1.82, 2.24) is 25.8 Å². The summed E-state index contributed by atoms with van der Waals surface area (Å²) in [6, 6.07) is -0.725. The summed E-state index contributed by atoms with van der Waals surface area (Å²) in [6.45, 7) is 2.89. The number of nitrogens with one attached hydrogen (secondary N) is 3. The van der Waals surface area contributed by atoms with Crippen LogP contribution in [-0.4, -0.2) is 33.0 Å². The first-order chi connectivity index (χ1) is 9.74. The van der Waals surface area contributed by atoms with Gasteiger partial charge in [0.1, 0.15) is 11.9 Å². The summed E-state index contributed by atoms with van der Waals surface area (Å²) < 4.78 is 36.9. The van der Waals surface area contributed by atoms with Gasteiger partial charge in [0.2, 0.25) is 11.8 Å². The zero-order valence-electron chi connectivity index (χ0n) is 11.5. The summed E-state index contributed by atoms with van der Waals surface area (Å²) in [5.41, 5.74) is 0. The zero-order valence-corrected chi connectivity index (χ0v) is 11.5. The molecule has 7 nitrogen and oxygen atoms in total. The molecule has 0 spiro atoms. The molecule has 0 unspecified atom stereocenters. The Morgan fingerprint density at radius 3 is 2.52 bits per heavy atom. The highest BCUT2D eigenvalue weighted by molar-refractivity contribution is 5.86. The number of halogens is 3. The first-order valence-corrected chi connectivity index (χ1v) is 6.27. The molecule has 0 aliphatic carbocycles. The van der Waals surface area contributed by atoms with Crippen molar-refractivity contribution in [2.24, 2.45) is 0 Å². The number of H-pyrrole nitrogens is 1. The highest BCUT2D eigenvalue weighted by Crippen LogP contribution is 2.25. The summed E-state index contributed by atoms with van der Waals surface area (Å²) >= 11 is 0. The van der Waals surface area contributed by atoms with Crippen LogP contribution in [0.5, 0.6) is 0 Å². The van der Waals surface area contributed by atoms with Gasteiger partial charge in [0.05, 0.1) is 6.54 Å². The molecule has 1 heterocycles. The lowest BCUT2D eigenvalue weighted by Crippen LogP contribution is -2.45. The van der Waals surface area contributed by atoms with E-state index in [0.29, 0.717) is 12.8 Å². The number of hydrogen-bond donors (Lipinski definition) is 3. The molecule has 2 amide bonds. The van der Waals surface area contributed by atoms with E-state index >= 15 is 0 Å². The molecule has 21 heavy (non-hydrogen) atoms. The number of carbonyl (C=O) groups excluding carboxylic acids is 2. The Kier molecular flexibility index (Phi) is 5.68. The first-order valence-electron chi connectivity index (χ1n) is 6.27. The summed E-state index contributed by atoms with van der Waals surface area (Å²) in [4.78, 5) is 26.0. The fraction of sp³-hybridized carbons (Fsp3) is 0.636. The molecule has 0 bridgehead atoms. The molecule has 10 heteroatoms. The molecule has 1 aromatic rings. The predicted molar refractivity (Wildman–Crippen MR) is 65.7 cm³/mol. The molecule has 0 aliphatic rings. The summed E-state index contributed by atoms with van der Waals surface area (Å²) in [7, 11) is 0. The Morgan fingerprint density at radius 1 is 1.38 bits per heavy atom. The summed E-state index contributed by atoms with van der Waals surface area (Å²) in [5.74, 6) is -2.26. The second-order valence-electron chi connectivity index (χ2n) is 4.36. The smallest absolute Gasteiger partial charge is 0.347 e. The Bertz CT molecular complexity index is 500. The van der Waals surface area contributed by atoms with Crippen molar-refractivity contribution in [2.45, 2.75) is 45.5 Å². The maximum Gasteiger partial charge on any atom is 0.453 e. The van der Waals surface area contributed by atoms with Gasteiger partial charge >= 0.3 is 6.18 Å². The lowest BCUT2D eigenvalue weighted by molar-refractivity contribution is -0.144. The number of amides is 2. The SMILES string of the molecule is CCC[C@@H](NC(C)=O)C(=O)NCc1nc(C(F)(F)F)n[nH]1. The van der Waals surface area contributed by atoms with Crippen molar-refractivity contribution in [3.63, 3.8) is 0 Å². The Balaban J connectivity index is 2.58. The number of hydrogen-bond acceptors (Lipinski definition) is 4. The second kappa shape index (κ2) is 7.04. The average molecular weight is 307 g/mol. The third-order valence-corrected chi connectivity index (χ3v) is 2.49. The van der Waals surface area contributed by atoms with Crippen LogP contribution < -0.4 is 10.6 Å². The van der Waals surface area contributed by atoms with E-state index in [9.17, 15) is 22.8 Å². The molecule has 0 fully saturated rings. The molecular formula is C11H16F3N5O2. The van der Waals surface area contributed by atoms with Crippen LogP contribution in [0.3, 0.4) is 0 Å². The molecule has 1 atom stereocenters. The standard InChI is InChI=1S/C11H16F3N5O2/c1-3-4-7(16-6(2)20)9(21)15-5-8-17-10(19-18-8)11(12,13)14/h7H,3-5H2,1-2H3,(H,15,21)(H,16,20)(H,17,18,19)/t7-/m1/s1. The van der Waals surface area contributed by atoms with Gasteiger partial charge in [-0.2, -0.15) is 13.2 Å². The van der Waals surface area contributed by atoms with Crippen LogP contribution in [0.2, 0.25) is 0 Å². The summed E-state index contributed by atoms with van der Waals surface area (Å²) in [6.07, 6.45) is -3.55. The average Bonchev–Trinajstić information content (AvgIpc) is 2.83. The molecule has 3 N–H and O–H groups in total. The van der Waals surface area contributed by atoms with Crippen LogP contribution >= 0.6 is 0 Å². The molecule has 0 radical (unpaired) electrons. The number of nitrogens with zero attached hydrogens (tertiary/aromatic N) is 2. The normalized spacial score (nSPS) is 12.8. The van der Waals surface area contributed by atoms with Gasteiger partial charge in [0.25, 0.3) is 5.82 Å². The van der Waals surface area contributed by atoms with E-state index in [4.69, 9.17) is 0 Å². The molecular weight excluding hydrogens is 291 g/mol. The Hall–Kier alpha value is -2.13. The van der Waals surface area contributed by atoms with E-state index in [2.05, 4.69) is 25.8 Å². The highest BCUT2D eigenvalue weighted by Gasteiger charge is 2.36. The van der Waals surface area contributed by atoms with Gasteiger partial charge in [-0.3, -0.25) is 14.7 Å². The van der Waals surface area contributed by atoms with Crippen LogP contribution in [0.1, 0.15) is 38.3 Å². The minimum absolute atomic E-state index is 0.117. The van der Waals surface area contributed by atoms with Crippen molar-refractivity contribution >= 4 is 11.8 Å². The largest absolute Gasteiger partial charge is 0.453 e. The lowest BCUT2D eigenvalue weighted by atomic mass is 10.1. The van der Waals surface area contributed by atoms with Gasteiger partial charge in [-0.1, -0.05) is 13.3 Å². The topological polar surface area (TPSA) is 99.8 Å². The number of aromatic nitrogens is 3. The number of rotatable bonds is 6. The van der Waals surface area contributed by atoms with Gasteiger partial charge in [-0.25, -0.2) is 4.98 Å². The Morgan fingerprint density at radius 2 is 2.05 bits per heavy atom. The molecule has 0 aromatic carbocycles. The highest BCUT2D eigenvalue weighted by atomic mass is 19.4. The fourth-order valence-corrected chi connectivity index (χ4v) is 1.60. The predicted octanol–water partition coefficient (Wildman–Crippen LogP) is 0.745. The molecule has 0 saturated carbocycles. The lowest BCUT2D eigenvalue weighted by Gasteiger charge is -2.16. The van der Waals surface area contributed by atoms with Crippen LogP contribution in [-0.2, 0) is 22.3 Å².